The predicted molar refractivity (Wildman–Crippen MR) is 91.5 cm³/mol. The molecule has 0 spiro atoms. The molecule has 0 fully saturated rings. The Labute approximate surface area is 134 Å². The monoisotopic (exact) mass is 311 g/mol. The van der Waals surface area contributed by atoms with Crippen LogP contribution in [0.2, 0.25) is 0 Å². The Balaban J connectivity index is 2.20. The summed E-state index contributed by atoms with van der Waals surface area (Å²) in [7, 11) is 1.73. The summed E-state index contributed by atoms with van der Waals surface area (Å²) in [6.45, 7) is 10.5. The van der Waals surface area contributed by atoms with Gasteiger partial charge < -0.3 is 0 Å². The minimum Gasteiger partial charge on any atom is -0.292 e. The van der Waals surface area contributed by atoms with Gasteiger partial charge in [0.15, 0.2) is 5.82 Å². The van der Waals surface area contributed by atoms with E-state index in [1.807, 2.05) is 35.6 Å². The standard InChI is InChI=1S/C17H21N5O/c1-5-21(10-12(2)3)11-15-18-19-17-20(4)16(23)13-8-6-7-9-14(13)22(15)17/h6-9H,2,5,10-11H2,1,3-4H3. The van der Waals surface area contributed by atoms with Gasteiger partial charge in [-0.05, 0) is 25.6 Å². The van der Waals surface area contributed by atoms with Crippen molar-refractivity contribution >= 4 is 16.7 Å². The first-order valence-electron chi connectivity index (χ1n) is 7.71. The topological polar surface area (TPSA) is 55.4 Å². The molecule has 6 nitrogen and oxygen atoms in total. The molecular formula is C17H21N5O. The zero-order valence-corrected chi connectivity index (χ0v) is 13.8. The molecule has 0 unspecified atom stereocenters. The second-order valence-corrected chi connectivity index (χ2v) is 5.89. The average molecular weight is 311 g/mol. The first kappa shape index (κ1) is 15.4. The van der Waals surface area contributed by atoms with E-state index in [1.54, 1.807) is 11.6 Å². The molecule has 0 aliphatic heterocycles. The lowest BCUT2D eigenvalue weighted by molar-refractivity contribution is 0.296. The Morgan fingerprint density at radius 3 is 2.74 bits per heavy atom. The van der Waals surface area contributed by atoms with Crippen LogP contribution < -0.4 is 5.56 Å². The van der Waals surface area contributed by atoms with Crippen molar-refractivity contribution < 1.29 is 0 Å². The van der Waals surface area contributed by atoms with E-state index >= 15 is 0 Å². The molecule has 3 rings (SSSR count). The molecule has 23 heavy (non-hydrogen) atoms. The fraction of sp³-hybridized carbons (Fsp3) is 0.353. The molecule has 3 aromatic rings. The summed E-state index contributed by atoms with van der Waals surface area (Å²) in [6, 6.07) is 7.58. The third-order valence-corrected chi connectivity index (χ3v) is 4.00. The van der Waals surface area contributed by atoms with E-state index in [-0.39, 0.29) is 5.56 Å². The highest BCUT2D eigenvalue weighted by atomic mass is 16.1. The molecule has 0 aliphatic rings. The molecule has 0 atom stereocenters. The molecule has 0 saturated carbocycles. The summed E-state index contributed by atoms with van der Waals surface area (Å²) < 4.78 is 3.52. The number of nitrogens with zero attached hydrogens (tertiary/aromatic N) is 5. The van der Waals surface area contributed by atoms with Gasteiger partial charge in [0.25, 0.3) is 5.56 Å². The van der Waals surface area contributed by atoms with E-state index in [4.69, 9.17) is 0 Å². The Morgan fingerprint density at radius 2 is 2.04 bits per heavy atom. The van der Waals surface area contributed by atoms with Crippen LogP contribution in [0.15, 0.2) is 41.2 Å². The summed E-state index contributed by atoms with van der Waals surface area (Å²) in [5.41, 5.74) is 1.90. The first-order chi connectivity index (χ1) is 11.0. The summed E-state index contributed by atoms with van der Waals surface area (Å²) >= 11 is 0. The van der Waals surface area contributed by atoms with E-state index in [1.165, 1.54) is 0 Å². The minimum atomic E-state index is -0.0543. The van der Waals surface area contributed by atoms with Gasteiger partial charge in [-0.1, -0.05) is 31.2 Å². The second kappa shape index (κ2) is 5.96. The number of para-hydroxylation sites is 1. The van der Waals surface area contributed by atoms with Gasteiger partial charge in [-0.3, -0.25) is 18.7 Å². The molecule has 0 bridgehead atoms. The van der Waals surface area contributed by atoms with Crippen LogP contribution in [0, 0.1) is 0 Å². The number of fused-ring (bicyclic) bond motifs is 3. The number of aryl methyl sites for hydroxylation is 1. The number of rotatable bonds is 5. The maximum absolute atomic E-state index is 12.4. The third kappa shape index (κ3) is 2.66. The highest BCUT2D eigenvalue weighted by molar-refractivity contribution is 5.80. The van der Waals surface area contributed by atoms with Crippen molar-refractivity contribution in [2.75, 3.05) is 13.1 Å². The van der Waals surface area contributed by atoms with Crippen LogP contribution in [0.1, 0.15) is 19.7 Å². The highest BCUT2D eigenvalue weighted by Crippen LogP contribution is 2.15. The van der Waals surface area contributed by atoms with Gasteiger partial charge in [0, 0.05) is 13.6 Å². The normalized spacial score (nSPS) is 11.7. The number of hydrogen-bond donors (Lipinski definition) is 0. The molecule has 6 heteroatoms. The van der Waals surface area contributed by atoms with E-state index in [2.05, 4.69) is 28.6 Å². The lowest BCUT2D eigenvalue weighted by Gasteiger charge is -2.19. The zero-order chi connectivity index (χ0) is 16.6. The van der Waals surface area contributed by atoms with E-state index < -0.39 is 0 Å². The largest absolute Gasteiger partial charge is 0.292 e. The molecule has 0 aliphatic carbocycles. The number of aromatic nitrogens is 4. The predicted octanol–water partition coefficient (Wildman–Crippen LogP) is 1.98. The number of likely N-dealkylation sites (N-methyl/N-ethyl adjacent to an activating group) is 1. The van der Waals surface area contributed by atoms with Crippen LogP contribution in [0.5, 0.6) is 0 Å². The fourth-order valence-electron chi connectivity index (χ4n) is 2.86. The van der Waals surface area contributed by atoms with Crippen molar-refractivity contribution in [3.63, 3.8) is 0 Å². The number of benzene rings is 1. The molecular weight excluding hydrogens is 290 g/mol. The molecule has 0 N–H and O–H groups in total. The summed E-state index contributed by atoms with van der Waals surface area (Å²) in [5.74, 6) is 1.39. The smallest absolute Gasteiger partial charge is 0.262 e. The summed E-state index contributed by atoms with van der Waals surface area (Å²) in [6.07, 6.45) is 0. The summed E-state index contributed by atoms with van der Waals surface area (Å²) in [5, 5.41) is 9.22. The zero-order valence-electron chi connectivity index (χ0n) is 13.8. The molecule has 0 radical (unpaired) electrons. The Kier molecular flexibility index (Phi) is 4.00. The Bertz CT molecular complexity index is 937. The van der Waals surface area contributed by atoms with Gasteiger partial charge >= 0.3 is 0 Å². The van der Waals surface area contributed by atoms with E-state index in [9.17, 15) is 4.79 Å². The van der Waals surface area contributed by atoms with Gasteiger partial charge in [0.2, 0.25) is 5.78 Å². The van der Waals surface area contributed by atoms with Crippen molar-refractivity contribution in [2.24, 2.45) is 7.05 Å². The lowest BCUT2D eigenvalue weighted by Crippen LogP contribution is -2.26. The van der Waals surface area contributed by atoms with E-state index in [0.717, 1.165) is 30.0 Å². The quantitative estimate of drug-likeness (QED) is 0.676. The molecule has 0 saturated heterocycles. The van der Waals surface area contributed by atoms with Crippen molar-refractivity contribution in [3.8, 4) is 0 Å². The van der Waals surface area contributed by atoms with E-state index in [0.29, 0.717) is 17.7 Å². The van der Waals surface area contributed by atoms with Crippen molar-refractivity contribution in [1.29, 1.82) is 0 Å². The molecule has 120 valence electrons. The lowest BCUT2D eigenvalue weighted by atomic mass is 10.2. The molecule has 2 heterocycles. The van der Waals surface area contributed by atoms with Crippen LogP contribution in [0.3, 0.4) is 0 Å². The van der Waals surface area contributed by atoms with Gasteiger partial charge in [-0.25, -0.2) is 0 Å². The van der Waals surface area contributed by atoms with Crippen LogP contribution in [0.4, 0.5) is 0 Å². The second-order valence-electron chi connectivity index (χ2n) is 5.89. The Hall–Kier alpha value is -2.47. The van der Waals surface area contributed by atoms with Crippen molar-refractivity contribution in [2.45, 2.75) is 20.4 Å². The van der Waals surface area contributed by atoms with Gasteiger partial charge in [0.05, 0.1) is 17.4 Å². The third-order valence-electron chi connectivity index (χ3n) is 4.00. The van der Waals surface area contributed by atoms with Crippen molar-refractivity contribution in [1.82, 2.24) is 24.1 Å². The van der Waals surface area contributed by atoms with Crippen LogP contribution in [-0.4, -0.2) is 37.2 Å². The van der Waals surface area contributed by atoms with Crippen LogP contribution >= 0.6 is 0 Å². The van der Waals surface area contributed by atoms with Crippen molar-refractivity contribution in [3.05, 3.63) is 52.6 Å². The molecule has 1 aromatic carbocycles. The minimum absolute atomic E-state index is 0.0543. The maximum Gasteiger partial charge on any atom is 0.262 e. The SMILES string of the molecule is C=C(C)CN(CC)Cc1nnc2n(C)c(=O)c3ccccc3n12. The van der Waals surface area contributed by atoms with Crippen LogP contribution in [0.25, 0.3) is 16.7 Å². The fourth-order valence-corrected chi connectivity index (χ4v) is 2.86. The first-order valence-corrected chi connectivity index (χ1v) is 7.71. The molecule has 0 amide bonds. The van der Waals surface area contributed by atoms with Crippen LogP contribution in [-0.2, 0) is 13.6 Å². The average Bonchev–Trinajstić information content (AvgIpc) is 2.95. The molecule has 2 aromatic heterocycles. The Morgan fingerprint density at radius 1 is 1.30 bits per heavy atom. The van der Waals surface area contributed by atoms with Gasteiger partial charge in [-0.2, -0.15) is 0 Å². The maximum atomic E-state index is 12.4. The van der Waals surface area contributed by atoms with Gasteiger partial charge in [0.1, 0.15) is 0 Å². The van der Waals surface area contributed by atoms with Gasteiger partial charge in [-0.15, -0.1) is 10.2 Å². The number of hydrogen-bond acceptors (Lipinski definition) is 4. The highest BCUT2D eigenvalue weighted by Gasteiger charge is 2.16. The summed E-state index contributed by atoms with van der Waals surface area (Å²) in [4.78, 5) is 14.7.